The fraction of sp³-hybridized carbons (Fsp3) is 0.474. The van der Waals surface area contributed by atoms with Gasteiger partial charge in [-0.3, -0.25) is 9.89 Å². The van der Waals surface area contributed by atoms with Crippen molar-refractivity contribution in [1.29, 1.82) is 0 Å². The number of aryl methyl sites for hydroxylation is 2. The van der Waals surface area contributed by atoms with Gasteiger partial charge in [0, 0.05) is 31.1 Å². The summed E-state index contributed by atoms with van der Waals surface area (Å²) in [5.74, 6) is 0.811. The van der Waals surface area contributed by atoms with E-state index in [1.807, 2.05) is 6.92 Å². The van der Waals surface area contributed by atoms with E-state index in [4.69, 9.17) is 0 Å². The van der Waals surface area contributed by atoms with Crippen LogP contribution in [0.15, 0.2) is 35.3 Å². The van der Waals surface area contributed by atoms with Gasteiger partial charge in [0.15, 0.2) is 5.96 Å². The number of thiazole rings is 1. The number of halogens is 1. The van der Waals surface area contributed by atoms with E-state index in [1.165, 1.54) is 10.4 Å². The summed E-state index contributed by atoms with van der Waals surface area (Å²) in [5, 5.41) is 7.83. The topological polar surface area (TPSA) is 52.6 Å². The van der Waals surface area contributed by atoms with Crippen molar-refractivity contribution in [3.63, 3.8) is 0 Å². The molecule has 0 aliphatic carbocycles. The number of guanidine groups is 1. The lowest BCUT2D eigenvalue weighted by atomic mass is 10.2. The zero-order valence-electron chi connectivity index (χ0n) is 16.2. The molecule has 0 bridgehead atoms. The highest BCUT2D eigenvalue weighted by atomic mass is 127. The van der Waals surface area contributed by atoms with Crippen molar-refractivity contribution in [2.75, 3.05) is 20.6 Å². The number of nitrogens with zero attached hydrogens (tertiary/aromatic N) is 3. The Bertz CT molecular complexity index is 667. The lowest BCUT2D eigenvalue weighted by Crippen LogP contribution is -2.44. The van der Waals surface area contributed by atoms with Crippen LogP contribution in [0, 0.1) is 13.8 Å². The maximum atomic E-state index is 4.55. The minimum absolute atomic E-state index is 0. The van der Waals surface area contributed by atoms with Crippen LogP contribution in [0.3, 0.4) is 0 Å². The lowest BCUT2D eigenvalue weighted by molar-refractivity contribution is 0.249. The molecule has 7 heteroatoms. The predicted octanol–water partition coefficient (Wildman–Crippen LogP) is 3.56. The lowest BCUT2D eigenvalue weighted by Gasteiger charge is -2.25. The largest absolute Gasteiger partial charge is 0.355 e. The molecule has 1 heterocycles. The molecule has 0 radical (unpaired) electrons. The number of hydrogen-bond acceptors (Lipinski definition) is 4. The summed E-state index contributed by atoms with van der Waals surface area (Å²) < 4.78 is 0. The molecule has 26 heavy (non-hydrogen) atoms. The minimum atomic E-state index is 0. The predicted molar refractivity (Wildman–Crippen MR) is 123 cm³/mol. The molecule has 0 fully saturated rings. The molecule has 2 aromatic rings. The summed E-state index contributed by atoms with van der Waals surface area (Å²) in [6, 6.07) is 10.9. The molecule has 1 unspecified atom stereocenters. The maximum Gasteiger partial charge on any atom is 0.191 e. The summed E-state index contributed by atoms with van der Waals surface area (Å²) >= 11 is 1.73. The van der Waals surface area contributed by atoms with Gasteiger partial charge in [-0.2, -0.15) is 0 Å². The molecule has 0 amide bonds. The third-order valence-electron chi connectivity index (χ3n) is 4.30. The van der Waals surface area contributed by atoms with Gasteiger partial charge in [-0.05, 0) is 33.4 Å². The molecule has 144 valence electrons. The van der Waals surface area contributed by atoms with Gasteiger partial charge in [0.1, 0.15) is 5.01 Å². The molecule has 0 saturated carbocycles. The Kier molecular flexibility index (Phi) is 10.1. The average Bonchev–Trinajstić information content (AvgIpc) is 2.93. The van der Waals surface area contributed by atoms with Gasteiger partial charge >= 0.3 is 0 Å². The van der Waals surface area contributed by atoms with Crippen molar-refractivity contribution < 1.29 is 0 Å². The van der Waals surface area contributed by atoms with E-state index in [2.05, 4.69) is 76.7 Å². The van der Waals surface area contributed by atoms with Crippen molar-refractivity contribution >= 4 is 41.3 Å². The van der Waals surface area contributed by atoms with Gasteiger partial charge < -0.3 is 10.6 Å². The number of rotatable bonds is 7. The van der Waals surface area contributed by atoms with E-state index >= 15 is 0 Å². The van der Waals surface area contributed by atoms with Crippen LogP contribution in [0.25, 0.3) is 0 Å². The van der Waals surface area contributed by atoms with Crippen LogP contribution < -0.4 is 10.6 Å². The second-order valence-corrected chi connectivity index (χ2v) is 7.59. The van der Waals surface area contributed by atoms with Crippen LogP contribution in [-0.2, 0) is 13.1 Å². The van der Waals surface area contributed by atoms with Crippen molar-refractivity contribution in [2.45, 2.75) is 39.9 Å². The van der Waals surface area contributed by atoms with E-state index < -0.39 is 0 Å². The third-order valence-corrected chi connectivity index (χ3v) is 5.37. The Morgan fingerprint density at radius 2 is 1.92 bits per heavy atom. The van der Waals surface area contributed by atoms with Gasteiger partial charge in [-0.25, -0.2) is 4.98 Å². The second kappa shape index (κ2) is 11.5. The van der Waals surface area contributed by atoms with Crippen LogP contribution in [0.5, 0.6) is 0 Å². The molecule has 0 saturated heterocycles. The first-order valence-electron chi connectivity index (χ1n) is 8.61. The minimum Gasteiger partial charge on any atom is -0.355 e. The monoisotopic (exact) mass is 487 g/mol. The van der Waals surface area contributed by atoms with Crippen molar-refractivity contribution in [1.82, 2.24) is 20.5 Å². The quantitative estimate of drug-likeness (QED) is 0.356. The number of likely N-dealkylation sites (N-methyl/N-ethyl adjacent to an activating group) is 1. The molecule has 2 rings (SSSR count). The second-order valence-electron chi connectivity index (χ2n) is 6.31. The Balaban J connectivity index is 0.00000338. The van der Waals surface area contributed by atoms with E-state index in [0.717, 1.165) is 29.8 Å². The fourth-order valence-electron chi connectivity index (χ4n) is 2.42. The highest BCUT2D eigenvalue weighted by molar-refractivity contribution is 14.0. The first-order chi connectivity index (χ1) is 12.0. The Morgan fingerprint density at radius 3 is 2.50 bits per heavy atom. The van der Waals surface area contributed by atoms with E-state index in [1.54, 1.807) is 18.4 Å². The first-order valence-corrected chi connectivity index (χ1v) is 9.42. The summed E-state index contributed by atoms with van der Waals surface area (Å²) in [6.07, 6.45) is 0. The van der Waals surface area contributed by atoms with Crippen molar-refractivity contribution in [3.8, 4) is 0 Å². The Morgan fingerprint density at radius 1 is 1.23 bits per heavy atom. The van der Waals surface area contributed by atoms with Crippen molar-refractivity contribution in [2.24, 2.45) is 4.99 Å². The van der Waals surface area contributed by atoms with Crippen LogP contribution in [0.4, 0.5) is 0 Å². The summed E-state index contributed by atoms with van der Waals surface area (Å²) in [4.78, 5) is 12.5. The Labute approximate surface area is 178 Å². The highest BCUT2D eigenvalue weighted by Crippen LogP contribution is 2.15. The molecular weight excluding hydrogens is 457 g/mol. The molecule has 1 aromatic carbocycles. The SMILES string of the molecule is CN=C(NCc1nc(C)c(C)s1)NCC(C)N(C)Cc1ccccc1.I. The summed E-state index contributed by atoms with van der Waals surface area (Å²) in [5.41, 5.74) is 2.44. The maximum absolute atomic E-state index is 4.55. The average molecular weight is 487 g/mol. The zero-order chi connectivity index (χ0) is 18.2. The molecule has 0 aliphatic rings. The van der Waals surface area contributed by atoms with E-state index in [9.17, 15) is 0 Å². The fourth-order valence-corrected chi connectivity index (χ4v) is 3.30. The van der Waals surface area contributed by atoms with Crippen molar-refractivity contribution in [3.05, 3.63) is 51.5 Å². The summed E-state index contributed by atoms with van der Waals surface area (Å²) in [7, 11) is 3.95. The third kappa shape index (κ3) is 7.20. The van der Waals surface area contributed by atoms with Crippen LogP contribution in [0.2, 0.25) is 0 Å². The van der Waals surface area contributed by atoms with Gasteiger partial charge in [0.05, 0.1) is 12.2 Å². The number of nitrogens with one attached hydrogen (secondary N) is 2. The smallest absolute Gasteiger partial charge is 0.191 e. The van der Waals surface area contributed by atoms with Gasteiger partial charge in [0.25, 0.3) is 0 Å². The van der Waals surface area contributed by atoms with E-state index in [0.29, 0.717) is 12.6 Å². The molecule has 1 aromatic heterocycles. The number of hydrogen-bond donors (Lipinski definition) is 2. The number of benzene rings is 1. The summed E-state index contributed by atoms with van der Waals surface area (Å²) in [6.45, 7) is 8.84. The van der Waals surface area contributed by atoms with Crippen LogP contribution in [0.1, 0.15) is 28.1 Å². The normalized spacial score (nSPS) is 12.6. The van der Waals surface area contributed by atoms with Crippen LogP contribution in [-0.4, -0.2) is 42.5 Å². The number of aromatic nitrogens is 1. The molecule has 0 aliphatic heterocycles. The van der Waals surface area contributed by atoms with E-state index in [-0.39, 0.29) is 24.0 Å². The molecule has 5 nitrogen and oxygen atoms in total. The molecule has 1 atom stereocenters. The number of aliphatic imine (C=N–C) groups is 1. The van der Waals surface area contributed by atoms with Crippen LogP contribution >= 0.6 is 35.3 Å². The first kappa shape index (κ1) is 22.9. The van der Waals surface area contributed by atoms with Gasteiger partial charge in [-0.15, -0.1) is 35.3 Å². The molecule has 2 N–H and O–H groups in total. The highest BCUT2D eigenvalue weighted by Gasteiger charge is 2.11. The molecule has 0 spiro atoms. The van der Waals surface area contributed by atoms with Gasteiger partial charge in [-0.1, -0.05) is 30.3 Å². The molecular formula is C19H30IN5S. The zero-order valence-corrected chi connectivity index (χ0v) is 19.4. The van der Waals surface area contributed by atoms with Gasteiger partial charge in [0.2, 0.25) is 0 Å². The Hall–Kier alpha value is -1.19. The standard InChI is InChI=1S/C19H29N5S.HI/c1-14(24(5)13-17-9-7-6-8-10-17)11-21-19(20-4)22-12-18-23-15(2)16(3)25-18;/h6-10,14H,11-13H2,1-5H3,(H2,20,21,22);1H.